The summed E-state index contributed by atoms with van der Waals surface area (Å²) in [6.07, 6.45) is 2.84. The van der Waals surface area contributed by atoms with Crippen molar-refractivity contribution in [1.29, 1.82) is 0 Å². The predicted molar refractivity (Wildman–Crippen MR) is 108 cm³/mol. The lowest BCUT2D eigenvalue weighted by molar-refractivity contribution is -0.128. The van der Waals surface area contributed by atoms with Crippen molar-refractivity contribution in [3.63, 3.8) is 0 Å². The highest BCUT2D eigenvalue weighted by Gasteiger charge is 2.30. The summed E-state index contributed by atoms with van der Waals surface area (Å²) in [6, 6.07) is 12.0. The van der Waals surface area contributed by atoms with Crippen LogP contribution in [0.3, 0.4) is 0 Å². The molecule has 3 rings (SSSR count). The molecule has 0 aliphatic heterocycles. The zero-order valence-corrected chi connectivity index (χ0v) is 16.4. The van der Waals surface area contributed by atoms with Gasteiger partial charge in [0.05, 0.1) is 0 Å². The molecule has 1 fully saturated rings. The minimum atomic E-state index is -0.285. The number of anilines is 1. The van der Waals surface area contributed by atoms with Crippen molar-refractivity contribution in [1.82, 2.24) is 5.32 Å². The highest BCUT2D eigenvalue weighted by atomic mass is 19.1. The SMILES string of the molecule is Cc1cccc(NC(=O)C2CCC(C(=O)NCc3ccc(F)cc3)CC2)c1C. The van der Waals surface area contributed by atoms with Crippen LogP contribution in [0.15, 0.2) is 42.5 Å². The van der Waals surface area contributed by atoms with Gasteiger partial charge in [-0.3, -0.25) is 9.59 Å². The van der Waals surface area contributed by atoms with E-state index in [0.29, 0.717) is 32.2 Å². The summed E-state index contributed by atoms with van der Waals surface area (Å²) in [5, 5.41) is 5.97. The molecule has 0 unspecified atom stereocenters. The average molecular weight is 382 g/mol. The van der Waals surface area contributed by atoms with Crippen molar-refractivity contribution in [2.24, 2.45) is 11.8 Å². The summed E-state index contributed by atoms with van der Waals surface area (Å²) in [6.45, 7) is 4.43. The van der Waals surface area contributed by atoms with E-state index in [2.05, 4.69) is 10.6 Å². The van der Waals surface area contributed by atoms with Gasteiger partial charge in [-0.15, -0.1) is 0 Å². The molecule has 1 aliphatic carbocycles. The predicted octanol–water partition coefficient (Wildman–Crippen LogP) is 4.50. The van der Waals surface area contributed by atoms with Crippen LogP contribution >= 0.6 is 0 Å². The number of halogens is 1. The lowest BCUT2D eigenvalue weighted by Crippen LogP contribution is -2.35. The van der Waals surface area contributed by atoms with Crippen molar-refractivity contribution >= 4 is 17.5 Å². The van der Waals surface area contributed by atoms with Gasteiger partial charge in [0, 0.05) is 24.1 Å². The maximum Gasteiger partial charge on any atom is 0.227 e. The quantitative estimate of drug-likeness (QED) is 0.800. The number of aryl methyl sites for hydroxylation is 1. The molecule has 0 heterocycles. The second-order valence-corrected chi connectivity index (χ2v) is 7.63. The maximum atomic E-state index is 12.9. The molecule has 0 aromatic heterocycles. The molecule has 4 nitrogen and oxygen atoms in total. The van der Waals surface area contributed by atoms with E-state index in [1.54, 1.807) is 12.1 Å². The summed E-state index contributed by atoms with van der Waals surface area (Å²) >= 11 is 0. The third kappa shape index (κ3) is 4.97. The van der Waals surface area contributed by atoms with E-state index in [4.69, 9.17) is 0 Å². The van der Waals surface area contributed by atoms with Crippen molar-refractivity contribution in [2.75, 3.05) is 5.32 Å². The van der Waals surface area contributed by atoms with Crippen LogP contribution < -0.4 is 10.6 Å². The third-order valence-electron chi connectivity index (χ3n) is 5.71. The van der Waals surface area contributed by atoms with Crippen molar-refractivity contribution in [3.8, 4) is 0 Å². The Balaban J connectivity index is 1.46. The lowest BCUT2D eigenvalue weighted by Gasteiger charge is -2.27. The van der Waals surface area contributed by atoms with Crippen LogP contribution in [-0.4, -0.2) is 11.8 Å². The molecule has 2 aromatic rings. The maximum absolute atomic E-state index is 12.9. The van der Waals surface area contributed by atoms with E-state index in [1.807, 2.05) is 32.0 Å². The Kier molecular flexibility index (Phi) is 6.45. The van der Waals surface area contributed by atoms with Crippen molar-refractivity contribution < 1.29 is 14.0 Å². The number of nitrogens with one attached hydrogen (secondary N) is 2. The number of rotatable bonds is 5. The van der Waals surface area contributed by atoms with Gasteiger partial charge in [-0.1, -0.05) is 24.3 Å². The summed E-state index contributed by atoms with van der Waals surface area (Å²) in [4.78, 5) is 25.0. The molecule has 0 spiro atoms. The molecule has 2 N–H and O–H groups in total. The Hall–Kier alpha value is -2.69. The van der Waals surface area contributed by atoms with Gasteiger partial charge in [-0.25, -0.2) is 4.39 Å². The van der Waals surface area contributed by atoms with Crippen LogP contribution in [-0.2, 0) is 16.1 Å². The van der Waals surface area contributed by atoms with Gasteiger partial charge in [-0.2, -0.15) is 0 Å². The van der Waals surface area contributed by atoms with Gasteiger partial charge in [0.15, 0.2) is 0 Å². The zero-order valence-electron chi connectivity index (χ0n) is 16.4. The molecule has 2 aromatic carbocycles. The molecule has 1 aliphatic rings. The Bertz CT molecular complexity index is 840. The highest BCUT2D eigenvalue weighted by Crippen LogP contribution is 2.30. The molecule has 1 saturated carbocycles. The van der Waals surface area contributed by atoms with Gasteiger partial charge in [0.2, 0.25) is 11.8 Å². The summed E-state index contributed by atoms with van der Waals surface area (Å²) in [5.41, 5.74) is 3.98. The smallest absolute Gasteiger partial charge is 0.227 e. The van der Waals surface area contributed by atoms with Gasteiger partial charge < -0.3 is 10.6 Å². The number of carbonyl (C=O) groups excluding carboxylic acids is 2. The second kappa shape index (κ2) is 9.00. The first kappa shape index (κ1) is 20.1. The fourth-order valence-electron chi connectivity index (χ4n) is 3.67. The topological polar surface area (TPSA) is 58.2 Å². The molecular weight excluding hydrogens is 355 g/mol. The van der Waals surface area contributed by atoms with Crippen LogP contribution in [0.5, 0.6) is 0 Å². The Morgan fingerprint density at radius 3 is 2.18 bits per heavy atom. The molecular formula is C23H27FN2O2. The zero-order chi connectivity index (χ0) is 20.1. The van der Waals surface area contributed by atoms with E-state index in [1.165, 1.54) is 12.1 Å². The van der Waals surface area contributed by atoms with E-state index < -0.39 is 0 Å². The molecule has 0 radical (unpaired) electrons. The number of benzene rings is 2. The van der Waals surface area contributed by atoms with Gasteiger partial charge in [-0.05, 0) is 74.4 Å². The number of amides is 2. The van der Waals surface area contributed by atoms with Crippen molar-refractivity contribution in [3.05, 3.63) is 65.0 Å². The molecule has 148 valence electrons. The first-order chi connectivity index (χ1) is 13.4. The molecule has 2 amide bonds. The minimum Gasteiger partial charge on any atom is -0.352 e. The Morgan fingerprint density at radius 1 is 0.929 bits per heavy atom. The lowest BCUT2D eigenvalue weighted by atomic mass is 9.81. The summed E-state index contributed by atoms with van der Waals surface area (Å²) in [7, 11) is 0. The molecule has 5 heteroatoms. The first-order valence-corrected chi connectivity index (χ1v) is 9.83. The molecule has 0 atom stereocenters. The Labute approximate surface area is 165 Å². The molecule has 0 saturated heterocycles. The minimum absolute atomic E-state index is 0.0118. The second-order valence-electron chi connectivity index (χ2n) is 7.63. The van der Waals surface area contributed by atoms with E-state index in [-0.39, 0.29) is 29.5 Å². The van der Waals surface area contributed by atoms with Gasteiger partial charge >= 0.3 is 0 Å². The van der Waals surface area contributed by atoms with E-state index >= 15 is 0 Å². The average Bonchev–Trinajstić information content (AvgIpc) is 2.71. The largest absolute Gasteiger partial charge is 0.352 e. The first-order valence-electron chi connectivity index (χ1n) is 9.83. The van der Waals surface area contributed by atoms with E-state index in [9.17, 15) is 14.0 Å². The Morgan fingerprint density at radius 2 is 1.54 bits per heavy atom. The standard InChI is InChI=1S/C23H27FN2O2/c1-15-4-3-5-21(16(15)2)26-23(28)19-10-8-18(9-11-19)22(27)25-14-17-6-12-20(24)13-7-17/h3-7,12-13,18-19H,8-11,14H2,1-2H3,(H,25,27)(H,26,28). The van der Waals surface area contributed by atoms with Crippen LogP contribution in [0.25, 0.3) is 0 Å². The van der Waals surface area contributed by atoms with Gasteiger partial charge in [0.1, 0.15) is 5.82 Å². The third-order valence-corrected chi connectivity index (χ3v) is 5.71. The van der Waals surface area contributed by atoms with Crippen LogP contribution in [0.2, 0.25) is 0 Å². The van der Waals surface area contributed by atoms with Crippen LogP contribution in [0.1, 0.15) is 42.4 Å². The monoisotopic (exact) mass is 382 g/mol. The van der Waals surface area contributed by atoms with Crippen LogP contribution in [0.4, 0.5) is 10.1 Å². The number of hydrogen-bond acceptors (Lipinski definition) is 2. The molecule has 28 heavy (non-hydrogen) atoms. The van der Waals surface area contributed by atoms with E-state index in [0.717, 1.165) is 22.4 Å². The molecule has 0 bridgehead atoms. The highest BCUT2D eigenvalue weighted by molar-refractivity contribution is 5.93. The fraction of sp³-hybridized carbons (Fsp3) is 0.391. The summed E-state index contributed by atoms with van der Waals surface area (Å²) < 4.78 is 12.9. The summed E-state index contributed by atoms with van der Waals surface area (Å²) in [5.74, 6) is -0.352. The van der Waals surface area contributed by atoms with Crippen molar-refractivity contribution in [2.45, 2.75) is 46.1 Å². The number of hydrogen-bond donors (Lipinski definition) is 2. The fourth-order valence-corrected chi connectivity index (χ4v) is 3.67. The normalized spacial score (nSPS) is 19.1. The van der Waals surface area contributed by atoms with Crippen LogP contribution in [0, 0.1) is 31.5 Å². The van der Waals surface area contributed by atoms with Gasteiger partial charge in [0.25, 0.3) is 0 Å². The number of carbonyl (C=O) groups is 2.